The first-order valence-electron chi connectivity index (χ1n) is 7.09. The van der Waals surface area contributed by atoms with Gasteiger partial charge in [0.25, 0.3) is 0 Å². The van der Waals surface area contributed by atoms with Crippen molar-refractivity contribution in [3.8, 4) is 0 Å². The number of hydrogen-bond acceptors (Lipinski definition) is 2. The molecule has 2 nitrogen and oxygen atoms in total. The van der Waals surface area contributed by atoms with E-state index in [1.807, 2.05) is 13.8 Å². The molecule has 2 heteroatoms. The topological polar surface area (TPSA) is 29.1 Å². The minimum Gasteiger partial charge on any atom is -0.317 e. The number of rotatable bonds is 5. The van der Waals surface area contributed by atoms with Crippen LogP contribution in [0.1, 0.15) is 53.9 Å². The molecule has 100 valence electrons. The van der Waals surface area contributed by atoms with Crippen LogP contribution in [0.15, 0.2) is 0 Å². The van der Waals surface area contributed by atoms with Crippen molar-refractivity contribution in [2.24, 2.45) is 23.2 Å². The molecule has 0 aliphatic carbocycles. The highest BCUT2D eigenvalue weighted by molar-refractivity contribution is 5.82. The van der Waals surface area contributed by atoms with E-state index >= 15 is 0 Å². The van der Waals surface area contributed by atoms with Crippen LogP contribution in [-0.2, 0) is 4.79 Å². The zero-order valence-electron chi connectivity index (χ0n) is 12.2. The average Bonchev–Trinajstić information content (AvgIpc) is 2.28. The molecule has 0 radical (unpaired) electrons. The van der Waals surface area contributed by atoms with Crippen molar-refractivity contribution in [2.75, 3.05) is 13.1 Å². The fourth-order valence-electron chi connectivity index (χ4n) is 3.23. The summed E-state index contributed by atoms with van der Waals surface area (Å²) in [6.45, 7) is 13.1. The summed E-state index contributed by atoms with van der Waals surface area (Å²) in [6.07, 6.45) is 3.56. The maximum atomic E-state index is 12.0. The smallest absolute Gasteiger partial charge is 0.138 e. The average molecular weight is 239 g/mol. The van der Waals surface area contributed by atoms with E-state index in [9.17, 15) is 4.79 Å². The molecule has 1 saturated heterocycles. The van der Waals surface area contributed by atoms with Crippen LogP contribution in [-0.4, -0.2) is 18.9 Å². The molecule has 0 amide bonds. The Labute approximate surface area is 107 Å². The molecule has 1 atom stereocenters. The predicted octanol–water partition coefficient (Wildman–Crippen LogP) is 3.26. The second-order valence-electron chi connectivity index (χ2n) is 6.68. The fraction of sp³-hybridized carbons (Fsp3) is 0.933. The summed E-state index contributed by atoms with van der Waals surface area (Å²) < 4.78 is 0. The SMILES string of the molecule is CC(C)C(=O)C(C)CC(C)(C)C1CCNCC1. The van der Waals surface area contributed by atoms with Gasteiger partial charge in [-0.15, -0.1) is 0 Å². The Morgan fingerprint density at radius 1 is 1.24 bits per heavy atom. The highest BCUT2D eigenvalue weighted by Crippen LogP contribution is 2.39. The van der Waals surface area contributed by atoms with Crippen LogP contribution in [0.2, 0.25) is 0 Å². The lowest BCUT2D eigenvalue weighted by Gasteiger charge is -2.39. The third-order valence-electron chi connectivity index (χ3n) is 4.33. The molecule has 1 aliphatic heterocycles. The molecule has 0 aromatic rings. The van der Waals surface area contributed by atoms with E-state index < -0.39 is 0 Å². The van der Waals surface area contributed by atoms with Crippen molar-refractivity contribution in [3.05, 3.63) is 0 Å². The van der Waals surface area contributed by atoms with Crippen molar-refractivity contribution >= 4 is 5.78 Å². The first-order chi connectivity index (χ1) is 7.84. The van der Waals surface area contributed by atoms with Crippen LogP contribution in [0.4, 0.5) is 0 Å². The molecule has 1 rings (SSSR count). The quantitative estimate of drug-likeness (QED) is 0.798. The van der Waals surface area contributed by atoms with Crippen LogP contribution < -0.4 is 5.32 Å². The second-order valence-corrected chi connectivity index (χ2v) is 6.68. The van der Waals surface area contributed by atoms with Gasteiger partial charge in [-0.1, -0.05) is 34.6 Å². The van der Waals surface area contributed by atoms with Crippen LogP contribution in [0.5, 0.6) is 0 Å². The van der Waals surface area contributed by atoms with Crippen molar-refractivity contribution < 1.29 is 4.79 Å². The monoisotopic (exact) mass is 239 g/mol. The van der Waals surface area contributed by atoms with E-state index in [4.69, 9.17) is 0 Å². The Bertz CT molecular complexity index is 252. The van der Waals surface area contributed by atoms with Gasteiger partial charge in [0.1, 0.15) is 5.78 Å². The Balaban J connectivity index is 2.55. The van der Waals surface area contributed by atoms with Gasteiger partial charge in [-0.25, -0.2) is 0 Å². The van der Waals surface area contributed by atoms with Gasteiger partial charge in [0.15, 0.2) is 0 Å². The van der Waals surface area contributed by atoms with E-state index in [1.165, 1.54) is 12.8 Å². The van der Waals surface area contributed by atoms with Crippen LogP contribution in [0.3, 0.4) is 0 Å². The van der Waals surface area contributed by atoms with Gasteiger partial charge in [0.2, 0.25) is 0 Å². The number of nitrogens with one attached hydrogen (secondary N) is 1. The summed E-state index contributed by atoms with van der Waals surface area (Å²) in [5.41, 5.74) is 0.298. The fourth-order valence-corrected chi connectivity index (χ4v) is 3.23. The molecule has 0 aromatic carbocycles. The molecular formula is C15H29NO. The second kappa shape index (κ2) is 5.99. The van der Waals surface area contributed by atoms with Crippen LogP contribution in [0.25, 0.3) is 0 Å². The molecule has 0 spiro atoms. The lowest BCUT2D eigenvalue weighted by Crippen LogP contribution is -2.37. The maximum Gasteiger partial charge on any atom is 0.138 e. The standard InChI is InChI=1S/C15H29NO/c1-11(2)14(17)12(3)10-15(4,5)13-6-8-16-9-7-13/h11-13,16H,6-10H2,1-5H3. The Kier molecular flexibility index (Phi) is 5.18. The van der Waals surface area contributed by atoms with Crippen molar-refractivity contribution in [1.29, 1.82) is 0 Å². The minimum absolute atomic E-state index is 0.175. The number of Topliss-reactive ketones (excluding diaryl/α,β-unsaturated/α-hetero) is 1. The highest BCUT2D eigenvalue weighted by atomic mass is 16.1. The molecule has 1 fully saturated rings. The highest BCUT2D eigenvalue weighted by Gasteiger charge is 2.33. The molecule has 1 unspecified atom stereocenters. The number of ketones is 1. The summed E-state index contributed by atoms with van der Waals surface area (Å²) in [5, 5.41) is 3.41. The van der Waals surface area contributed by atoms with E-state index in [0.717, 1.165) is 25.4 Å². The van der Waals surface area contributed by atoms with Gasteiger partial charge in [-0.05, 0) is 43.7 Å². The lowest BCUT2D eigenvalue weighted by molar-refractivity contribution is -0.126. The summed E-state index contributed by atoms with van der Waals surface area (Å²) >= 11 is 0. The van der Waals surface area contributed by atoms with Gasteiger partial charge in [-0.2, -0.15) is 0 Å². The molecule has 1 N–H and O–H groups in total. The first kappa shape index (κ1) is 14.7. The van der Waals surface area contributed by atoms with E-state index in [0.29, 0.717) is 11.2 Å². The van der Waals surface area contributed by atoms with Crippen LogP contribution in [0, 0.1) is 23.2 Å². The van der Waals surface area contributed by atoms with Crippen LogP contribution >= 0.6 is 0 Å². The summed E-state index contributed by atoms with van der Waals surface area (Å²) in [5.74, 6) is 1.58. The zero-order chi connectivity index (χ0) is 13.1. The number of hydrogen-bond donors (Lipinski definition) is 1. The van der Waals surface area contributed by atoms with Gasteiger partial charge >= 0.3 is 0 Å². The van der Waals surface area contributed by atoms with Crippen molar-refractivity contribution in [3.63, 3.8) is 0 Å². The van der Waals surface area contributed by atoms with Gasteiger partial charge in [0, 0.05) is 11.8 Å². The van der Waals surface area contributed by atoms with Gasteiger partial charge in [0.05, 0.1) is 0 Å². The molecule has 0 bridgehead atoms. The lowest BCUT2D eigenvalue weighted by atomic mass is 9.68. The van der Waals surface area contributed by atoms with Crippen molar-refractivity contribution in [1.82, 2.24) is 5.32 Å². The molecule has 17 heavy (non-hydrogen) atoms. The molecule has 1 heterocycles. The van der Waals surface area contributed by atoms with E-state index in [2.05, 4.69) is 26.1 Å². The van der Waals surface area contributed by atoms with Gasteiger partial charge in [-0.3, -0.25) is 4.79 Å². The Morgan fingerprint density at radius 2 is 1.76 bits per heavy atom. The van der Waals surface area contributed by atoms with Crippen molar-refractivity contribution in [2.45, 2.75) is 53.9 Å². The third-order valence-corrected chi connectivity index (χ3v) is 4.33. The zero-order valence-corrected chi connectivity index (χ0v) is 12.2. The van der Waals surface area contributed by atoms with Gasteiger partial charge < -0.3 is 5.32 Å². The Morgan fingerprint density at radius 3 is 2.24 bits per heavy atom. The Hall–Kier alpha value is -0.370. The molecular weight excluding hydrogens is 210 g/mol. The number of carbonyl (C=O) groups excluding carboxylic acids is 1. The molecule has 0 saturated carbocycles. The van der Waals surface area contributed by atoms with E-state index in [1.54, 1.807) is 0 Å². The number of carbonyl (C=O) groups is 1. The summed E-state index contributed by atoms with van der Waals surface area (Å²) in [4.78, 5) is 12.0. The third kappa shape index (κ3) is 4.09. The largest absolute Gasteiger partial charge is 0.317 e. The van der Waals surface area contributed by atoms with E-state index in [-0.39, 0.29) is 11.8 Å². The number of piperidine rings is 1. The predicted molar refractivity (Wildman–Crippen MR) is 73.0 cm³/mol. The maximum absolute atomic E-state index is 12.0. The minimum atomic E-state index is 0.175. The first-order valence-corrected chi connectivity index (χ1v) is 7.09. The molecule has 0 aromatic heterocycles. The normalized spacial score (nSPS) is 20.6. The summed E-state index contributed by atoms with van der Waals surface area (Å²) in [7, 11) is 0. The molecule has 1 aliphatic rings. The summed E-state index contributed by atoms with van der Waals surface area (Å²) in [6, 6.07) is 0.